The highest BCUT2D eigenvalue weighted by atomic mass is 15.1. The molecule has 0 saturated heterocycles. The SMILES string of the molecule is CCCNC(CN(C)c1ccccc1)C(C)C. The van der Waals surface area contributed by atoms with Gasteiger partial charge in [0.1, 0.15) is 0 Å². The zero-order chi connectivity index (χ0) is 12.7. The first-order valence-corrected chi connectivity index (χ1v) is 6.64. The van der Waals surface area contributed by atoms with Crippen LogP contribution < -0.4 is 10.2 Å². The van der Waals surface area contributed by atoms with Crippen LogP contribution in [0.1, 0.15) is 27.2 Å². The summed E-state index contributed by atoms with van der Waals surface area (Å²) in [7, 11) is 2.17. The smallest absolute Gasteiger partial charge is 0.0364 e. The Labute approximate surface area is 106 Å². The minimum atomic E-state index is 0.556. The van der Waals surface area contributed by atoms with Crippen molar-refractivity contribution in [3.8, 4) is 0 Å². The van der Waals surface area contributed by atoms with Crippen LogP contribution in [0.4, 0.5) is 5.69 Å². The van der Waals surface area contributed by atoms with Gasteiger partial charge in [-0.25, -0.2) is 0 Å². The second-order valence-corrected chi connectivity index (χ2v) is 5.02. The molecule has 1 N–H and O–H groups in total. The van der Waals surface area contributed by atoms with Gasteiger partial charge in [0.15, 0.2) is 0 Å². The fourth-order valence-corrected chi connectivity index (χ4v) is 1.92. The van der Waals surface area contributed by atoms with Crippen molar-refractivity contribution < 1.29 is 0 Å². The van der Waals surface area contributed by atoms with Crippen LogP contribution in [-0.2, 0) is 0 Å². The number of para-hydroxylation sites is 1. The number of nitrogens with zero attached hydrogens (tertiary/aromatic N) is 1. The van der Waals surface area contributed by atoms with E-state index in [-0.39, 0.29) is 0 Å². The number of anilines is 1. The van der Waals surface area contributed by atoms with Gasteiger partial charge in [-0.1, -0.05) is 39.0 Å². The van der Waals surface area contributed by atoms with E-state index in [0.717, 1.165) is 13.1 Å². The Bertz CT molecular complexity index is 295. The lowest BCUT2D eigenvalue weighted by Gasteiger charge is -2.29. The van der Waals surface area contributed by atoms with E-state index in [1.165, 1.54) is 12.1 Å². The van der Waals surface area contributed by atoms with Crippen molar-refractivity contribution in [2.75, 3.05) is 25.0 Å². The number of hydrogen-bond acceptors (Lipinski definition) is 2. The maximum atomic E-state index is 3.63. The Morgan fingerprint density at radius 1 is 1.18 bits per heavy atom. The van der Waals surface area contributed by atoms with Gasteiger partial charge in [0, 0.05) is 25.3 Å². The molecule has 0 heterocycles. The van der Waals surface area contributed by atoms with Gasteiger partial charge in [0.2, 0.25) is 0 Å². The van der Waals surface area contributed by atoms with E-state index in [1.807, 2.05) is 0 Å². The molecule has 0 bridgehead atoms. The lowest BCUT2D eigenvalue weighted by atomic mass is 10.0. The molecule has 0 saturated carbocycles. The third-order valence-electron chi connectivity index (χ3n) is 3.13. The van der Waals surface area contributed by atoms with E-state index in [9.17, 15) is 0 Å². The van der Waals surface area contributed by atoms with Gasteiger partial charge in [-0.3, -0.25) is 0 Å². The second-order valence-electron chi connectivity index (χ2n) is 5.02. The van der Waals surface area contributed by atoms with Crippen LogP contribution >= 0.6 is 0 Å². The highest BCUT2D eigenvalue weighted by Gasteiger charge is 2.14. The molecule has 0 radical (unpaired) electrons. The third-order valence-corrected chi connectivity index (χ3v) is 3.13. The van der Waals surface area contributed by atoms with Gasteiger partial charge in [0.25, 0.3) is 0 Å². The van der Waals surface area contributed by atoms with Crippen LogP contribution in [0.15, 0.2) is 30.3 Å². The van der Waals surface area contributed by atoms with Crippen molar-refractivity contribution in [2.45, 2.75) is 33.2 Å². The number of likely N-dealkylation sites (N-methyl/N-ethyl adjacent to an activating group) is 1. The summed E-state index contributed by atoms with van der Waals surface area (Å²) in [4.78, 5) is 2.33. The van der Waals surface area contributed by atoms with Gasteiger partial charge >= 0.3 is 0 Å². The van der Waals surface area contributed by atoms with Gasteiger partial charge in [-0.2, -0.15) is 0 Å². The molecule has 0 spiro atoms. The van der Waals surface area contributed by atoms with Crippen molar-refractivity contribution in [3.05, 3.63) is 30.3 Å². The average Bonchev–Trinajstić information content (AvgIpc) is 2.35. The molecule has 0 aliphatic rings. The summed E-state index contributed by atoms with van der Waals surface area (Å²) in [5, 5.41) is 3.63. The van der Waals surface area contributed by atoms with Crippen LogP contribution in [0, 0.1) is 5.92 Å². The molecular formula is C15H26N2. The van der Waals surface area contributed by atoms with E-state index in [1.54, 1.807) is 0 Å². The fourth-order valence-electron chi connectivity index (χ4n) is 1.92. The molecular weight excluding hydrogens is 208 g/mol. The summed E-state index contributed by atoms with van der Waals surface area (Å²) in [5.41, 5.74) is 1.29. The fraction of sp³-hybridized carbons (Fsp3) is 0.600. The minimum Gasteiger partial charge on any atom is -0.373 e. The summed E-state index contributed by atoms with van der Waals surface area (Å²) >= 11 is 0. The number of benzene rings is 1. The van der Waals surface area contributed by atoms with Crippen LogP contribution in [0.5, 0.6) is 0 Å². The molecule has 0 fully saturated rings. The molecule has 1 aromatic carbocycles. The van der Waals surface area contributed by atoms with Crippen LogP contribution in [0.3, 0.4) is 0 Å². The predicted octanol–water partition coefficient (Wildman–Crippen LogP) is 3.15. The van der Waals surface area contributed by atoms with E-state index in [0.29, 0.717) is 12.0 Å². The van der Waals surface area contributed by atoms with E-state index >= 15 is 0 Å². The van der Waals surface area contributed by atoms with Gasteiger partial charge < -0.3 is 10.2 Å². The highest BCUT2D eigenvalue weighted by molar-refractivity contribution is 5.45. The predicted molar refractivity (Wildman–Crippen MR) is 76.6 cm³/mol. The molecule has 1 aromatic rings. The minimum absolute atomic E-state index is 0.556. The van der Waals surface area contributed by atoms with Crippen molar-refractivity contribution in [2.24, 2.45) is 5.92 Å². The maximum Gasteiger partial charge on any atom is 0.0364 e. The van der Waals surface area contributed by atoms with E-state index < -0.39 is 0 Å². The molecule has 0 aliphatic carbocycles. The van der Waals surface area contributed by atoms with Gasteiger partial charge in [0.05, 0.1) is 0 Å². The molecule has 0 aliphatic heterocycles. The maximum absolute atomic E-state index is 3.63. The summed E-state index contributed by atoms with van der Waals surface area (Å²) in [6.07, 6.45) is 1.19. The Kier molecular flexibility index (Phi) is 6.06. The average molecular weight is 234 g/mol. The van der Waals surface area contributed by atoms with Crippen molar-refractivity contribution >= 4 is 5.69 Å². The molecule has 2 nitrogen and oxygen atoms in total. The Morgan fingerprint density at radius 2 is 1.82 bits per heavy atom. The van der Waals surface area contributed by atoms with Crippen molar-refractivity contribution in [1.82, 2.24) is 5.32 Å². The highest BCUT2D eigenvalue weighted by Crippen LogP contribution is 2.13. The molecule has 2 heteroatoms. The number of nitrogens with one attached hydrogen (secondary N) is 1. The first-order valence-electron chi connectivity index (χ1n) is 6.64. The Balaban J connectivity index is 2.54. The van der Waals surface area contributed by atoms with Crippen LogP contribution in [0.2, 0.25) is 0 Å². The van der Waals surface area contributed by atoms with Crippen LogP contribution in [0.25, 0.3) is 0 Å². The summed E-state index contributed by atoms with van der Waals surface area (Å²) < 4.78 is 0. The third kappa shape index (κ3) is 4.78. The van der Waals surface area contributed by atoms with Crippen molar-refractivity contribution in [1.29, 1.82) is 0 Å². The second kappa shape index (κ2) is 7.33. The molecule has 96 valence electrons. The first-order chi connectivity index (χ1) is 8.15. The van der Waals surface area contributed by atoms with E-state index in [2.05, 4.69) is 68.4 Å². The lowest BCUT2D eigenvalue weighted by molar-refractivity contribution is 0.402. The quantitative estimate of drug-likeness (QED) is 0.779. The molecule has 17 heavy (non-hydrogen) atoms. The topological polar surface area (TPSA) is 15.3 Å². The Hall–Kier alpha value is -1.02. The summed E-state index contributed by atoms with van der Waals surface area (Å²) in [6.45, 7) is 8.94. The standard InChI is InChI=1S/C15H26N2/c1-5-11-16-15(13(2)3)12-17(4)14-9-7-6-8-10-14/h6-10,13,15-16H,5,11-12H2,1-4H3. The molecule has 1 unspecified atom stereocenters. The van der Waals surface area contributed by atoms with Gasteiger partial charge in [-0.15, -0.1) is 0 Å². The molecule has 1 rings (SSSR count). The molecule has 0 amide bonds. The normalized spacial score (nSPS) is 12.8. The van der Waals surface area contributed by atoms with Gasteiger partial charge in [-0.05, 0) is 31.0 Å². The summed E-state index contributed by atoms with van der Waals surface area (Å²) in [6, 6.07) is 11.1. The van der Waals surface area contributed by atoms with E-state index in [4.69, 9.17) is 0 Å². The molecule has 0 aromatic heterocycles. The Morgan fingerprint density at radius 3 is 2.35 bits per heavy atom. The zero-order valence-electron chi connectivity index (χ0n) is 11.6. The monoisotopic (exact) mass is 234 g/mol. The van der Waals surface area contributed by atoms with Crippen molar-refractivity contribution in [3.63, 3.8) is 0 Å². The first kappa shape index (κ1) is 14.0. The lowest BCUT2D eigenvalue weighted by Crippen LogP contribution is -2.43. The van der Waals surface area contributed by atoms with Crippen LogP contribution in [-0.4, -0.2) is 26.2 Å². The largest absolute Gasteiger partial charge is 0.373 e. The zero-order valence-corrected chi connectivity index (χ0v) is 11.6. The molecule has 1 atom stereocenters. The number of hydrogen-bond donors (Lipinski definition) is 1. The number of rotatable bonds is 7. The summed E-state index contributed by atoms with van der Waals surface area (Å²) in [5.74, 6) is 0.660.